The highest BCUT2D eigenvalue weighted by Crippen LogP contribution is 2.35. The summed E-state index contributed by atoms with van der Waals surface area (Å²) in [5, 5.41) is 30.8. The second kappa shape index (κ2) is 20.6. The number of nitrogens with one attached hydrogen (secondary N) is 4. The quantitative estimate of drug-likeness (QED) is 0.102. The van der Waals surface area contributed by atoms with E-state index in [1.54, 1.807) is 46.3 Å². The van der Waals surface area contributed by atoms with Crippen molar-refractivity contribution in [3.63, 3.8) is 0 Å². The summed E-state index contributed by atoms with van der Waals surface area (Å²) in [6.45, 7) is 17.2. The number of rotatable bonds is 10. The van der Waals surface area contributed by atoms with Crippen molar-refractivity contribution in [3.05, 3.63) is 107 Å². The fraction of sp³-hybridized carbons (Fsp3) is 0.408. The molecule has 6 aromatic rings. The van der Waals surface area contributed by atoms with Crippen molar-refractivity contribution >= 4 is 46.9 Å². The zero-order valence-electron chi connectivity index (χ0n) is 39.5. The van der Waals surface area contributed by atoms with Crippen LogP contribution in [0.15, 0.2) is 85.7 Å². The molecule has 67 heavy (non-hydrogen) atoms. The summed E-state index contributed by atoms with van der Waals surface area (Å²) < 4.78 is 3.39. The highest BCUT2D eigenvalue weighted by Gasteiger charge is 2.35. The molecule has 0 saturated carbocycles. The average molecular weight is 927 g/mol. The van der Waals surface area contributed by atoms with Crippen molar-refractivity contribution in [1.82, 2.24) is 59.9 Å². The maximum absolute atomic E-state index is 12.7. The molecule has 0 spiro atoms. The van der Waals surface area contributed by atoms with Crippen LogP contribution < -0.4 is 21.3 Å². The number of nitrogens with zero attached hydrogens (tertiary/aromatic N) is 11. The summed E-state index contributed by atoms with van der Waals surface area (Å²) in [4.78, 5) is 46.7. The van der Waals surface area contributed by atoms with E-state index >= 15 is 0 Å². The van der Waals surface area contributed by atoms with Crippen LogP contribution in [0.3, 0.4) is 0 Å². The zero-order valence-corrected chi connectivity index (χ0v) is 40.3. The van der Waals surface area contributed by atoms with Crippen molar-refractivity contribution in [3.8, 4) is 28.6 Å². The van der Waals surface area contributed by atoms with Gasteiger partial charge >= 0.3 is 12.1 Å². The number of likely N-dealkylation sites (tertiary alicyclic amines) is 2. The predicted octanol–water partition coefficient (Wildman–Crippen LogP) is 8.92. The van der Waals surface area contributed by atoms with Crippen LogP contribution in [0.2, 0.25) is 5.02 Å². The zero-order chi connectivity index (χ0) is 47.9. The van der Waals surface area contributed by atoms with Crippen LogP contribution in [-0.2, 0) is 27.2 Å². The standard InChI is InChI=1S/C25H30N8O.C24H30ClN7O/c1-25(2,3)20-8-10-33(15-20)24(34)28-13-18-6-5-17(11-19(18)12-26)22-7-9-27-23(31-22)30-21-14-29-32(4)16-21;1-24(2,3)18-8-10-32(14-18)23(33)27-12-17-6-5-16(11-20(17)25)21-7-9-26-22(30-21)29-19-13-28-31(4)15-19/h5-7,9,11,14,16,20H,8,10,13,15H2,1-4H3,(H,28,34)(H,27,30,31);5-7,9,11,13,15,18H,8,10,12,14H2,1-4H3,(H,27,33)(H,26,29,30). The van der Waals surface area contributed by atoms with Gasteiger partial charge in [0.2, 0.25) is 11.9 Å². The fourth-order valence-electron chi connectivity index (χ4n) is 8.10. The SMILES string of the molecule is Cn1cc(Nc2nccc(-c3ccc(CNC(=O)N4CCC(C(C)(C)C)C4)c(C#N)c3)n2)cn1.Cn1cc(Nc2nccc(-c3ccc(CNC(=O)N4CCC(C(C)(C)C)C4)c(Cl)c3)n2)cn1. The number of urea groups is 2. The second-order valence-corrected chi connectivity index (χ2v) is 19.7. The van der Waals surface area contributed by atoms with Gasteiger partial charge in [-0.2, -0.15) is 15.5 Å². The number of benzene rings is 2. The molecular formula is C49H60ClN15O2. The van der Waals surface area contributed by atoms with E-state index in [1.807, 2.05) is 72.7 Å². The molecule has 2 aliphatic heterocycles. The van der Waals surface area contributed by atoms with Crippen LogP contribution in [0.5, 0.6) is 0 Å². The van der Waals surface area contributed by atoms with Crippen molar-refractivity contribution in [2.75, 3.05) is 36.8 Å². The third kappa shape index (κ3) is 12.6. The molecule has 8 rings (SSSR count). The summed E-state index contributed by atoms with van der Waals surface area (Å²) in [6.07, 6.45) is 12.5. The van der Waals surface area contributed by atoms with Gasteiger partial charge < -0.3 is 31.1 Å². The smallest absolute Gasteiger partial charge is 0.317 e. The molecule has 17 nitrogen and oxygen atoms in total. The first-order chi connectivity index (χ1) is 31.9. The largest absolute Gasteiger partial charge is 0.334 e. The molecule has 4 amide bonds. The lowest BCUT2D eigenvalue weighted by Crippen LogP contribution is -2.39. The number of amides is 4. The van der Waals surface area contributed by atoms with E-state index in [1.165, 1.54) is 0 Å². The number of hydrogen-bond donors (Lipinski definition) is 4. The summed E-state index contributed by atoms with van der Waals surface area (Å²) in [5.74, 6) is 1.95. The Morgan fingerprint density at radius 3 is 1.58 bits per heavy atom. The minimum Gasteiger partial charge on any atom is -0.334 e. The molecule has 2 atom stereocenters. The molecule has 2 aliphatic rings. The van der Waals surface area contributed by atoms with Crippen molar-refractivity contribution in [1.29, 1.82) is 5.26 Å². The van der Waals surface area contributed by atoms with Gasteiger partial charge in [0.05, 0.1) is 46.8 Å². The van der Waals surface area contributed by atoms with Gasteiger partial charge in [-0.05, 0) is 70.9 Å². The molecule has 2 aromatic carbocycles. The van der Waals surface area contributed by atoms with Crippen molar-refractivity contribution in [2.24, 2.45) is 36.8 Å². The molecule has 2 unspecified atom stereocenters. The summed E-state index contributed by atoms with van der Waals surface area (Å²) >= 11 is 6.54. The number of nitriles is 1. The Hall–Kier alpha value is -7.06. The average Bonchev–Trinajstić information content (AvgIpc) is 4.14. The van der Waals surface area contributed by atoms with E-state index in [-0.39, 0.29) is 22.9 Å². The summed E-state index contributed by atoms with van der Waals surface area (Å²) in [7, 11) is 3.69. The van der Waals surface area contributed by atoms with E-state index in [2.05, 4.69) is 99.0 Å². The van der Waals surface area contributed by atoms with Crippen LogP contribution in [-0.4, -0.2) is 87.5 Å². The van der Waals surface area contributed by atoms with Gasteiger partial charge in [0.25, 0.3) is 0 Å². The molecule has 4 aromatic heterocycles. The Kier molecular flexibility index (Phi) is 14.7. The summed E-state index contributed by atoms with van der Waals surface area (Å²) in [6, 6.07) is 17.1. The molecule has 18 heteroatoms. The van der Waals surface area contributed by atoms with Crippen LogP contribution in [0.1, 0.15) is 71.1 Å². The van der Waals surface area contributed by atoms with Gasteiger partial charge in [-0.1, -0.05) is 77.4 Å². The lowest BCUT2D eigenvalue weighted by molar-refractivity contribution is 0.195. The minimum absolute atomic E-state index is 0.0381. The lowest BCUT2D eigenvalue weighted by atomic mass is 9.80. The normalized spacial score (nSPS) is 15.9. The first-order valence-electron chi connectivity index (χ1n) is 22.5. The van der Waals surface area contributed by atoms with Crippen LogP contribution in [0.4, 0.5) is 32.9 Å². The molecular weight excluding hydrogens is 866 g/mol. The number of anilines is 4. The van der Waals surface area contributed by atoms with Crippen molar-refractivity contribution in [2.45, 2.75) is 67.5 Å². The van der Waals surface area contributed by atoms with Gasteiger partial charge in [-0.3, -0.25) is 9.36 Å². The number of halogens is 1. The first-order valence-corrected chi connectivity index (χ1v) is 22.8. The van der Waals surface area contributed by atoms with Crippen molar-refractivity contribution < 1.29 is 9.59 Å². The highest BCUT2D eigenvalue weighted by atomic mass is 35.5. The molecule has 0 radical (unpaired) electrons. The monoisotopic (exact) mass is 925 g/mol. The van der Waals surface area contributed by atoms with Crippen LogP contribution >= 0.6 is 11.6 Å². The third-order valence-electron chi connectivity index (χ3n) is 12.4. The Morgan fingerprint density at radius 2 is 1.16 bits per heavy atom. The highest BCUT2D eigenvalue weighted by molar-refractivity contribution is 6.31. The molecule has 4 N–H and O–H groups in total. The van der Waals surface area contributed by atoms with E-state index in [0.29, 0.717) is 53.1 Å². The maximum Gasteiger partial charge on any atom is 0.317 e. The number of aromatic nitrogens is 8. The Bertz CT molecular complexity index is 2730. The van der Waals surface area contributed by atoms with E-state index < -0.39 is 0 Å². The topological polar surface area (TPSA) is 200 Å². The lowest BCUT2D eigenvalue weighted by Gasteiger charge is -2.27. The Labute approximate surface area is 397 Å². The Balaban J connectivity index is 0.000000199. The first kappa shape index (κ1) is 47.9. The molecule has 2 saturated heterocycles. The number of carbonyl (C=O) groups is 2. The number of carbonyl (C=O) groups excluding carboxylic acids is 2. The minimum atomic E-state index is -0.0818. The van der Waals surface area contributed by atoms with Crippen LogP contribution in [0, 0.1) is 34.0 Å². The molecule has 6 heterocycles. The maximum atomic E-state index is 12.7. The van der Waals surface area contributed by atoms with Gasteiger partial charge in [-0.15, -0.1) is 0 Å². The van der Waals surface area contributed by atoms with Crippen LogP contribution in [0.25, 0.3) is 22.5 Å². The predicted molar refractivity (Wildman–Crippen MR) is 260 cm³/mol. The van der Waals surface area contributed by atoms with Gasteiger partial charge in [0.1, 0.15) is 0 Å². The Morgan fingerprint density at radius 1 is 0.701 bits per heavy atom. The van der Waals surface area contributed by atoms with E-state index in [4.69, 9.17) is 11.6 Å². The molecule has 350 valence electrons. The van der Waals surface area contributed by atoms with Gasteiger partial charge in [0, 0.05) is 94.3 Å². The molecule has 0 bridgehead atoms. The van der Waals surface area contributed by atoms with Gasteiger partial charge in [0.15, 0.2) is 0 Å². The number of hydrogen-bond acceptors (Lipinski definition) is 11. The molecule has 0 aliphatic carbocycles. The van der Waals surface area contributed by atoms with Gasteiger partial charge in [-0.25, -0.2) is 29.5 Å². The summed E-state index contributed by atoms with van der Waals surface area (Å²) in [5.41, 5.74) is 7.26. The third-order valence-corrected chi connectivity index (χ3v) is 12.7. The number of aryl methyl sites for hydroxylation is 2. The molecule has 2 fully saturated rings. The van der Waals surface area contributed by atoms with E-state index in [0.717, 1.165) is 78.3 Å². The fourth-order valence-corrected chi connectivity index (χ4v) is 8.35. The second-order valence-electron chi connectivity index (χ2n) is 19.3. The van der Waals surface area contributed by atoms with E-state index in [9.17, 15) is 14.9 Å².